The molecule has 1 aliphatic carbocycles. The molecule has 3 nitrogen and oxygen atoms in total. The van der Waals surface area contributed by atoms with Crippen LogP contribution < -0.4 is 5.32 Å². The quantitative estimate of drug-likeness (QED) is 0.667. The molecule has 0 spiro atoms. The lowest BCUT2D eigenvalue weighted by Gasteiger charge is -2.22. The highest BCUT2D eigenvalue weighted by Crippen LogP contribution is 2.32. The molecule has 0 saturated heterocycles. The maximum atomic E-state index is 13.6. The first-order valence-electron chi connectivity index (χ1n) is 9.31. The highest BCUT2D eigenvalue weighted by Gasteiger charge is 2.27. The monoisotopic (exact) mass is 350 g/mol. The first-order chi connectivity index (χ1) is 12.7. The van der Waals surface area contributed by atoms with Gasteiger partial charge in [-0.1, -0.05) is 30.3 Å². The summed E-state index contributed by atoms with van der Waals surface area (Å²) in [5.41, 5.74) is 4.51. The minimum absolute atomic E-state index is 0.0264. The normalized spacial score (nSPS) is 16.4. The van der Waals surface area contributed by atoms with Crippen LogP contribution in [0.3, 0.4) is 0 Å². The average molecular weight is 350 g/mol. The Labute approximate surface area is 152 Å². The van der Waals surface area contributed by atoms with E-state index in [1.54, 1.807) is 12.1 Å². The largest absolute Gasteiger partial charge is 0.358 e. The number of H-pyrrole nitrogens is 1. The Bertz CT molecular complexity index is 917. The summed E-state index contributed by atoms with van der Waals surface area (Å²) in [6, 6.07) is 15.1. The van der Waals surface area contributed by atoms with Crippen LogP contribution in [0, 0.1) is 11.7 Å². The number of carbonyl (C=O) groups excluding carboxylic acids is 1. The van der Waals surface area contributed by atoms with Gasteiger partial charge in [0.05, 0.1) is 0 Å². The number of rotatable bonds is 5. The van der Waals surface area contributed by atoms with Crippen molar-refractivity contribution in [2.24, 2.45) is 5.92 Å². The molecule has 0 bridgehead atoms. The van der Waals surface area contributed by atoms with Gasteiger partial charge in [0.25, 0.3) is 0 Å². The number of hydrogen-bond acceptors (Lipinski definition) is 1. The van der Waals surface area contributed by atoms with Gasteiger partial charge in [0.2, 0.25) is 5.91 Å². The van der Waals surface area contributed by atoms with Crippen molar-refractivity contribution >= 4 is 16.8 Å². The number of amides is 1. The number of nitrogens with one attached hydrogen (secondary N) is 2. The summed E-state index contributed by atoms with van der Waals surface area (Å²) < 4.78 is 13.6. The summed E-state index contributed by atoms with van der Waals surface area (Å²) in [5, 5.41) is 4.00. The fourth-order valence-electron chi connectivity index (χ4n) is 3.91. The second kappa shape index (κ2) is 7.32. The standard InChI is InChI=1S/C22H23FN2O/c23-17-9-11-21-19(14-17)18-13-16(8-10-20(18)25-21)22(26)24-12-4-7-15-5-2-1-3-6-15/h1-3,5-6,9,11,14,16,25H,4,7-8,10,12-13H2,(H,24,26). The van der Waals surface area contributed by atoms with Crippen molar-refractivity contribution < 1.29 is 9.18 Å². The fourth-order valence-corrected chi connectivity index (χ4v) is 3.91. The third-order valence-corrected chi connectivity index (χ3v) is 5.30. The summed E-state index contributed by atoms with van der Waals surface area (Å²) in [6.07, 6.45) is 4.27. The van der Waals surface area contributed by atoms with Gasteiger partial charge in [0, 0.05) is 29.1 Å². The van der Waals surface area contributed by atoms with Gasteiger partial charge in [-0.05, 0) is 61.4 Å². The SMILES string of the molecule is O=C(NCCCc1ccccc1)C1CCc2[nH]c3ccc(F)cc3c2C1. The summed E-state index contributed by atoms with van der Waals surface area (Å²) in [4.78, 5) is 15.9. The second-order valence-electron chi connectivity index (χ2n) is 7.09. The zero-order valence-corrected chi connectivity index (χ0v) is 14.7. The molecule has 0 fully saturated rings. The molecular formula is C22H23FN2O. The summed E-state index contributed by atoms with van der Waals surface area (Å²) in [7, 11) is 0. The van der Waals surface area contributed by atoms with Crippen LogP contribution >= 0.6 is 0 Å². The summed E-state index contributed by atoms with van der Waals surface area (Å²) >= 11 is 0. The van der Waals surface area contributed by atoms with Gasteiger partial charge in [-0.25, -0.2) is 4.39 Å². The Morgan fingerprint density at radius 3 is 2.88 bits per heavy atom. The minimum Gasteiger partial charge on any atom is -0.358 e. The van der Waals surface area contributed by atoms with Crippen molar-refractivity contribution in [3.8, 4) is 0 Å². The van der Waals surface area contributed by atoms with E-state index in [9.17, 15) is 9.18 Å². The van der Waals surface area contributed by atoms with Gasteiger partial charge >= 0.3 is 0 Å². The van der Waals surface area contributed by atoms with Gasteiger partial charge in [-0.2, -0.15) is 0 Å². The molecule has 26 heavy (non-hydrogen) atoms. The van der Waals surface area contributed by atoms with Gasteiger partial charge in [0.15, 0.2) is 0 Å². The number of halogens is 1. The maximum Gasteiger partial charge on any atom is 0.223 e. The van der Waals surface area contributed by atoms with Crippen LogP contribution in [0.15, 0.2) is 48.5 Å². The number of carbonyl (C=O) groups is 1. The van der Waals surface area contributed by atoms with Gasteiger partial charge in [0.1, 0.15) is 5.82 Å². The molecule has 0 radical (unpaired) electrons. The van der Waals surface area contributed by atoms with Crippen LogP contribution in [-0.4, -0.2) is 17.4 Å². The molecular weight excluding hydrogens is 327 g/mol. The predicted octanol–water partition coefficient (Wildman–Crippen LogP) is 4.16. The zero-order valence-electron chi connectivity index (χ0n) is 14.7. The predicted molar refractivity (Wildman–Crippen MR) is 102 cm³/mol. The molecule has 134 valence electrons. The molecule has 1 atom stereocenters. The first kappa shape index (κ1) is 16.8. The minimum atomic E-state index is -0.230. The van der Waals surface area contributed by atoms with Gasteiger partial charge < -0.3 is 10.3 Å². The number of aromatic nitrogens is 1. The van der Waals surface area contributed by atoms with Crippen molar-refractivity contribution in [2.45, 2.75) is 32.1 Å². The fraction of sp³-hybridized carbons (Fsp3) is 0.318. The van der Waals surface area contributed by atoms with Gasteiger partial charge in [-0.3, -0.25) is 4.79 Å². The van der Waals surface area contributed by atoms with E-state index in [1.807, 2.05) is 18.2 Å². The van der Waals surface area contributed by atoms with Crippen LogP contribution in [0.5, 0.6) is 0 Å². The molecule has 1 heterocycles. The Morgan fingerprint density at radius 1 is 1.19 bits per heavy atom. The average Bonchev–Trinajstić information content (AvgIpc) is 3.03. The van der Waals surface area contributed by atoms with Crippen molar-refractivity contribution in [3.05, 3.63) is 71.2 Å². The van der Waals surface area contributed by atoms with Crippen LogP contribution in [0.25, 0.3) is 10.9 Å². The van der Waals surface area contributed by atoms with E-state index in [0.717, 1.165) is 47.8 Å². The van der Waals surface area contributed by atoms with Crippen LogP contribution in [0.4, 0.5) is 4.39 Å². The topological polar surface area (TPSA) is 44.9 Å². The van der Waals surface area contributed by atoms with E-state index in [2.05, 4.69) is 22.4 Å². The van der Waals surface area contributed by atoms with E-state index in [1.165, 1.54) is 11.6 Å². The number of aryl methyl sites for hydroxylation is 2. The van der Waals surface area contributed by atoms with E-state index < -0.39 is 0 Å². The number of hydrogen-bond donors (Lipinski definition) is 2. The lowest BCUT2D eigenvalue weighted by molar-refractivity contribution is -0.125. The van der Waals surface area contributed by atoms with Gasteiger partial charge in [-0.15, -0.1) is 0 Å². The molecule has 3 aromatic rings. The van der Waals surface area contributed by atoms with Crippen molar-refractivity contribution in [1.29, 1.82) is 0 Å². The molecule has 0 aliphatic heterocycles. The molecule has 1 aliphatic rings. The Morgan fingerprint density at radius 2 is 2.04 bits per heavy atom. The van der Waals surface area contributed by atoms with E-state index in [0.29, 0.717) is 13.0 Å². The second-order valence-corrected chi connectivity index (χ2v) is 7.09. The highest BCUT2D eigenvalue weighted by molar-refractivity contribution is 5.87. The molecule has 2 N–H and O–H groups in total. The molecule has 2 aromatic carbocycles. The van der Waals surface area contributed by atoms with Crippen LogP contribution in [-0.2, 0) is 24.1 Å². The Hall–Kier alpha value is -2.62. The summed E-state index contributed by atoms with van der Waals surface area (Å²) in [5.74, 6) is -0.136. The van der Waals surface area contributed by atoms with Crippen molar-refractivity contribution in [2.75, 3.05) is 6.54 Å². The smallest absolute Gasteiger partial charge is 0.223 e. The lowest BCUT2D eigenvalue weighted by Crippen LogP contribution is -2.34. The molecule has 1 aromatic heterocycles. The van der Waals surface area contributed by atoms with Crippen molar-refractivity contribution in [1.82, 2.24) is 10.3 Å². The van der Waals surface area contributed by atoms with Crippen molar-refractivity contribution in [3.63, 3.8) is 0 Å². The molecule has 4 heteroatoms. The zero-order chi connectivity index (χ0) is 17.9. The molecule has 1 amide bonds. The third-order valence-electron chi connectivity index (χ3n) is 5.30. The molecule has 0 saturated carbocycles. The molecule has 1 unspecified atom stereocenters. The number of fused-ring (bicyclic) bond motifs is 3. The van der Waals surface area contributed by atoms with Crippen LogP contribution in [0.2, 0.25) is 0 Å². The van der Waals surface area contributed by atoms with E-state index >= 15 is 0 Å². The number of benzene rings is 2. The van der Waals surface area contributed by atoms with Crippen LogP contribution in [0.1, 0.15) is 29.7 Å². The first-order valence-corrected chi connectivity index (χ1v) is 9.31. The molecule has 4 rings (SSSR count). The third kappa shape index (κ3) is 3.50. The lowest BCUT2D eigenvalue weighted by atomic mass is 9.86. The van der Waals surface area contributed by atoms with E-state index in [-0.39, 0.29) is 17.6 Å². The maximum absolute atomic E-state index is 13.6. The van der Waals surface area contributed by atoms with E-state index in [4.69, 9.17) is 0 Å². The summed E-state index contributed by atoms with van der Waals surface area (Å²) in [6.45, 7) is 0.694. The highest BCUT2D eigenvalue weighted by atomic mass is 19.1. The Balaban J connectivity index is 1.35. The number of aromatic amines is 1. The Kier molecular flexibility index (Phi) is 4.74.